The first-order chi connectivity index (χ1) is 17.7. The van der Waals surface area contributed by atoms with Crippen molar-refractivity contribution in [2.45, 2.75) is 44.2 Å². The maximum atomic E-state index is 14.9. The highest BCUT2D eigenvalue weighted by molar-refractivity contribution is 5.89. The molecule has 188 valence electrons. The summed E-state index contributed by atoms with van der Waals surface area (Å²) in [6.07, 6.45) is 2.96. The van der Waals surface area contributed by atoms with Crippen LogP contribution in [0.3, 0.4) is 0 Å². The maximum Gasteiger partial charge on any atom is 0.458 e. The third-order valence-electron chi connectivity index (χ3n) is 6.79. The van der Waals surface area contributed by atoms with Gasteiger partial charge in [0.05, 0.1) is 16.6 Å². The van der Waals surface area contributed by atoms with Crippen molar-refractivity contribution in [2.24, 2.45) is 0 Å². The van der Waals surface area contributed by atoms with Gasteiger partial charge in [0.15, 0.2) is 5.82 Å². The fourth-order valence-electron chi connectivity index (χ4n) is 4.93. The van der Waals surface area contributed by atoms with Gasteiger partial charge >= 0.3 is 6.18 Å². The molecule has 0 bridgehead atoms. The Bertz CT molecular complexity index is 1500. The number of aromatic nitrogens is 1. The zero-order valence-corrected chi connectivity index (χ0v) is 19.6. The summed E-state index contributed by atoms with van der Waals surface area (Å²) in [6.45, 7) is 0. The Hall–Kier alpha value is -3.79. The van der Waals surface area contributed by atoms with E-state index in [-0.39, 0.29) is 10.9 Å². The minimum Gasteiger partial charge on any atom is -0.256 e. The smallest absolute Gasteiger partial charge is 0.256 e. The van der Waals surface area contributed by atoms with Crippen LogP contribution in [-0.4, -0.2) is 11.2 Å². The van der Waals surface area contributed by atoms with Crippen LogP contribution in [0.1, 0.15) is 49.1 Å². The number of rotatable bonds is 3. The Morgan fingerprint density at radius 2 is 1.46 bits per heavy atom. The predicted octanol–water partition coefficient (Wildman–Crippen LogP) is 8.95. The number of hydrogen-bond donors (Lipinski definition) is 0. The second kappa shape index (κ2) is 9.93. The van der Waals surface area contributed by atoms with Crippen LogP contribution in [0.4, 0.5) is 26.3 Å². The molecule has 1 aliphatic carbocycles. The van der Waals surface area contributed by atoms with Crippen molar-refractivity contribution in [1.29, 1.82) is 0 Å². The Labute approximate surface area is 210 Å². The first-order valence-electron chi connectivity index (χ1n) is 12.0. The molecule has 0 radical (unpaired) electrons. The van der Waals surface area contributed by atoms with Gasteiger partial charge in [-0.25, -0.2) is 13.2 Å². The average Bonchev–Trinajstić information content (AvgIpc) is 2.88. The summed E-state index contributed by atoms with van der Waals surface area (Å²) in [5, 5.41) is -0.780. The Morgan fingerprint density at radius 1 is 0.757 bits per heavy atom. The predicted molar refractivity (Wildman–Crippen MR) is 131 cm³/mol. The number of halogens is 6. The van der Waals surface area contributed by atoms with Gasteiger partial charge in [0.25, 0.3) is 0 Å². The number of alkyl halides is 3. The van der Waals surface area contributed by atoms with Gasteiger partial charge in [0.1, 0.15) is 11.6 Å². The highest BCUT2D eigenvalue weighted by Crippen LogP contribution is 2.34. The molecule has 0 N–H and O–H groups in total. The minimum atomic E-state index is -4.94. The molecule has 5 rings (SSSR count). The Kier molecular flexibility index (Phi) is 6.68. The lowest BCUT2D eigenvalue weighted by Crippen LogP contribution is -2.04. The highest BCUT2D eigenvalue weighted by Gasteiger charge is 2.24. The average molecular weight is 509 g/mol. The first-order valence-corrected chi connectivity index (χ1v) is 12.0. The summed E-state index contributed by atoms with van der Waals surface area (Å²) >= 11 is 0. The van der Waals surface area contributed by atoms with Crippen LogP contribution >= 0.6 is 0 Å². The first kappa shape index (κ1) is 24.9. The molecule has 1 aromatic heterocycles. The van der Waals surface area contributed by atoms with E-state index in [1.54, 1.807) is 12.3 Å². The number of hydrogen-bond acceptors (Lipinski definition) is 1. The van der Waals surface area contributed by atoms with E-state index in [1.807, 2.05) is 6.07 Å². The number of pyridine rings is 1. The van der Waals surface area contributed by atoms with Crippen LogP contribution in [0.2, 0.25) is 0 Å². The van der Waals surface area contributed by atoms with Crippen molar-refractivity contribution in [3.63, 3.8) is 0 Å². The molecular formula is C30H21F6N. The second-order valence-electron chi connectivity index (χ2n) is 9.24. The third-order valence-corrected chi connectivity index (χ3v) is 6.79. The van der Waals surface area contributed by atoms with Crippen LogP contribution in [-0.2, 0) is 0 Å². The molecule has 1 fully saturated rings. The topological polar surface area (TPSA) is 12.9 Å². The fraction of sp³-hybridized carbons (Fsp3) is 0.233. The van der Waals surface area contributed by atoms with Crippen LogP contribution < -0.4 is 0 Å². The molecule has 0 aliphatic heterocycles. The number of nitrogens with zero attached hydrogens (tertiary/aromatic N) is 1. The lowest BCUT2D eigenvalue weighted by Gasteiger charge is -2.22. The van der Waals surface area contributed by atoms with E-state index < -0.39 is 34.6 Å². The van der Waals surface area contributed by atoms with Gasteiger partial charge in [-0.1, -0.05) is 55.5 Å². The minimum absolute atomic E-state index is 0.147. The van der Waals surface area contributed by atoms with Gasteiger partial charge < -0.3 is 0 Å². The molecule has 1 heterocycles. The third kappa shape index (κ3) is 5.34. The molecule has 1 nitrogen and oxygen atoms in total. The molecule has 0 saturated heterocycles. The van der Waals surface area contributed by atoms with E-state index in [0.717, 1.165) is 29.2 Å². The van der Waals surface area contributed by atoms with Crippen LogP contribution in [0.5, 0.6) is 0 Å². The zero-order valence-electron chi connectivity index (χ0n) is 19.6. The molecular weight excluding hydrogens is 488 g/mol. The fourth-order valence-corrected chi connectivity index (χ4v) is 4.93. The van der Waals surface area contributed by atoms with Gasteiger partial charge in [-0.15, -0.1) is 0 Å². The second-order valence-corrected chi connectivity index (χ2v) is 9.24. The molecule has 1 saturated carbocycles. The van der Waals surface area contributed by atoms with Crippen molar-refractivity contribution in [3.8, 4) is 34.2 Å². The van der Waals surface area contributed by atoms with E-state index >= 15 is 0 Å². The molecule has 0 amide bonds. The monoisotopic (exact) mass is 509 g/mol. The summed E-state index contributed by atoms with van der Waals surface area (Å²) in [6, 6.07) is 15.0. The molecule has 7 heteroatoms. The lowest BCUT2D eigenvalue weighted by molar-refractivity contribution is -0.0696. The summed E-state index contributed by atoms with van der Waals surface area (Å²) < 4.78 is 81.0. The van der Waals surface area contributed by atoms with Gasteiger partial charge in [-0.3, -0.25) is 4.98 Å². The molecule has 1 aliphatic rings. The summed E-state index contributed by atoms with van der Waals surface area (Å²) in [4.78, 5) is 4.40. The van der Waals surface area contributed by atoms with Gasteiger partial charge in [-0.2, -0.15) is 13.2 Å². The maximum absolute atomic E-state index is 14.9. The van der Waals surface area contributed by atoms with E-state index in [2.05, 4.69) is 29.2 Å². The standard InChI is InChI=1S/C30H21F6N/c31-25-16-23-14-22(15-26(32)28(23)29(33)24(25)12-13-30(34,35)36)27-11-10-21(17-37-27)20-8-6-19(7-9-20)18-4-2-1-3-5-18/h6-11,14-18H,1-5H2. The van der Waals surface area contributed by atoms with Crippen molar-refractivity contribution in [3.05, 3.63) is 89.4 Å². The molecule has 37 heavy (non-hydrogen) atoms. The number of fused-ring (bicyclic) bond motifs is 1. The summed E-state index contributed by atoms with van der Waals surface area (Å²) in [5.41, 5.74) is 2.72. The zero-order chi connectivity index (χ0) is 26.2. The normalized spacial score (nSPS) is 14.4. The largest absolute Gasteiger partial charge is 0.458 e. The SMILES string of the molecule is Fc1cc2cc(-c3ccc(-c4ccc(C5CCCCC5)cc4)cn3)cc(F)c2c(F)c1C#CC(F)(F)F. The summed E-state index contributed by atoms with van der Waals surface area (Å²) in [5.74, 6) is -0.986. The van der Waals surface area contributed by atoms with E-state index in [4.69, 9.17) is 0 Å². The molecule has 0 spiro atoms. The van der Waals surface area contributed by atoms with Gasteiger partial charge in [0.2, 0.25) is 0 Å². The van der Waals surface area contributed by atoms with E-state index in [9.17, 15) is 26.3 Å². The van der Waals surface area contributed by atoms with E-state index in [0.29, 0.717) is 11.6 Å². The Morgan fingerprint density at radius 3 is 2.11 bits per heavy atom. The van der Waals surface area contributed by atoms with Crippen LogP contribution in [0, 0.1) is 29.3 Å². The van der Waals surface area contributed by atoms with Crippen LogP contribution in [0.15, 0.2) is 60.8 Å². The van der Waals surface area contributed by atoms with E-state index in [1.165, 1.54) is 49.7 Å². The highest BCUT2D eigenvalue weighted by atomic mass is 19.4. The van der Waals surface area contributed by atoms with Crippen molar-refractivity contribution in [1.82, 2.24) is 4.98 Å². The van der Waals surface area contributed by atoms with Gasteiger partial charge in [0, 0.05) is 23.2 Å². The number of benzene rings is 3. The van der Waals surface area contributed by atoms with Crippen molar-refractivity contribution in [2.75, 3.05) is 0 Å². The Balaban J connectivity index is 1.43. The molecule has 0 atom stereocenters. The molecule has 3 aromatic carbocycles. The summed E-state index contributed by atoms with van der Waals surface area (Å²) in [7, 11) is 0. The van der Waals surface area contributed by atoms with Crippen LogP contribution in [0.25, 0.3) is 33.2 Å². The lowest BCUT2D eigenvalue weighted by atomic mass is 9.84. The quantitative estimate of drug-likeness (QED) is 0.198. The van der Waals surface area contributed by atoms with Crippen molar-refractivity contribution >= 4 is 10.8 Å². The van der Waals surface area contributed by atoms with Crippen molar-refractivity contribution < 1.29 is 26.3 Å². The molecule has 4 aromatic rings. The molecule has 0 unspecified atom stereocenters. The van der Waals surface area contributed by atoms with Gasteiger partial charge in [-0.05, 0) is 59.5 Å².